The fourth-order valence-corrected chi connectivity index (χ4v) is 2.30. The summed E-state index contributed by atoms with van der Waals surface area (Å²) in [7, 11) is 0. The van der Waals surface area contributed by atoms with Gasteiger partial charge in [-0.15, -0.1) is 0 Å². The maximum atomic E-state index is 5.62. The van der Waals surface area contributed by atoms with Crippen LogP contribution in [0.4, 0.5) is 0 Å². The third kappa shape index (κ3) is 2.41. The molecule has 2 heterocycles. The lowest BCUT2D eigenvalue weighted by Crippen LogP contribution is -2.31. The van der Waals surface area contributed by atoms with Crippen molar-refractivity contribution in [1.29, 1.82) is 0 Å². The summed E-state index contributed by atoms with van der Waals surface area (Å²) in [5.74, 6) is 6.39. The second-order valence-corrected chi connectivity index (χ2v) is 4.53. The van der Waals surface area contributed by atoms with Gasteiger partial charge in [-0.05, 0) is 22.4 Å². The summed E-state index contributed by atoms with van der Waals surface area (Å²) < 4.78 is 2.85. The van der Waals surface area contributed by atoms with Crippen molar-refractivity contribution in [2.75, 3.05) is 0 Å². The molecule has 4 N–H and O–H groups in total. The van der Waals surface area contributed by atoms with Crippen molar-refractivity contribution in [3.05, 3.63) is 34.6 Å². The van der Waals surface area contributed by atoms with Gasteiger partial charge in [0.05, 0.1) is 16.4 Å². The van der Waals surface area contributed by atoms with Crippen molar-refractivity contribution < 1.29 is 0 Å². The Kier molecular flexibility index (Phi) is 3.93. The van der Waals surface area contributed by atoms with Crippen LogP contribution in [0.5, 0.6) is 0 Å². The Morgan fingerprint density at radius 2 is 2.47 bits per heavy atom. The van der Waals surface area contributed by atoms with Gasteiger partial charge in [0, 0.05) is 18.9 Å². The number of nitrogens with one attached hydrogen (secondary N) is 2. The van der Waals surface area contributed by atoms with Crippen LogP contribution in [0, 0.1) is 0 Å². The van der Waals surface area contributed by atoms with Crippen LogP contribution in [0.1, 0.15) is 30.9 Å². The van der Waals surface area contributed by atoms with Gasteiger partial charge in [0.2, 0.25) is 0 Å². The highest BCUT2D eigenvalue weighted by Crippen LogP contribution is 2.26. The highest BCUT2D eigenvalue weighted by molar-refractivity contribution is 9.10. The van der Waals surface area contributed by atoms with E-state index in [0.29, 0.717) is 0 Å². The Balaban J connectivity index is 2.39. The van der Waals surface area contributed by atoms with Gasteiger partial charge in [-0.3, -0.25) is 10.5 Å². The second kappa shape index (κ2) is 5.44. The molecule has 0 aliphatic carbocycles. The molecule has 0 radical (unpaired) electrons. The molecule has 2 rings (SSSR count). The minimum atomic E-state index is -0.201. The Morgan fingerprint density at radius 1 is 1.65 bits per heavy atom. The number of rotatable bonds is 5. The lowest BCUT2D eigenvalue weighted by atomic mass is 10.2. The number of aryl methyl sites for hydroxylation is 1. The number of H-pyrrole nitrogens is 1. The number of nitrogens with zero attached hydrogens (tertiary/aromatic N) is 3. The minimum Gasteiger partial charge on any atom is -0.347 e. The van der Waals surface area contributed by atoms with E-state index >= 15 is 0 Å². The second-order valence-electron chi connectivity index (χ2n) is 3.67. The van der Waals surface area contributed by atoms with E-state index in [-0.39, 0.29) is 6.04 Å². The molecule has 0 amide bonds. The molecule has 0 aliphatic heterocycles. The smallest absolute Gasteiger partial charge is 0.130 e. The highest BCUT2D eigenvalue weighted by atomic mass is 79.9. The third-order valence-electron chi connectivity index (χ3n) is 2.50. The van der Waals surface area contributed by atoms with Crippen LogP contribution in [0.15, 0.2) is 23.1 Å². The number of imidazole rings is 1. The maximum Gasteiger partial charge on any atom is 0.130 e. The molecule has 1 atom stereocenters. The lowest BCUT2D eigenvalue weighted by molar-refractivity contribution is 0.508. The van der Waals surface area contributed by atoms with E-state index in [1.165, 1.54) is 0 Å². The van der Waals surface area contributed by atoms with E-state index in [0.717, 1.165) is 29.0 Å². The molecule has 0 spiro atoms. The molecule has 1 unspecified atom stereocenters. The summed E-state index contributed by atoms with van der Waals surface area (Å²) >= 11 is 3.49. The number of hydrogen-bond donors (Lipinski definition) is 3. The summed E-state index contributed by atoms with van der Waals surface area (Å²) in [6.07, 6.45) is 6.26. The molecule has 0 aliphatic rings. The predicted octanol–water partition coefficient (Wildman–Crippen LogP) is 1.33. The molecule has 7 heteroatoms. The zero-order chi connectivity index (χ0) is 12.3. The van der Waals surface area contributed by atoms with Crippen LogP contribution in [0.2, 0.25) is 0 Å². The SMILES string of the molecule is CCCn1ncc(Br)c1C(NN)c1ncc[nH]1. The number of hydrogen-bond acceptors (Lipinski definition) is 4. The van der Waals surface area contributed by atoms with Crippen molar-refractivity contribution >= 4 is 15.9 Å². The van der Waals surface area contributed by atoms with Gasteiger partial charge in [0.15, 0.2) is 0 Å². The first-order valence-electron chi connectivity index (χ1n) is 5.44. The normalized spacial score (nSPS) is 12.9. The molecular formula is C10H15BrN6. The molecule has 0 bridgehead atoms. The first kappa shape index (κ1) is 12.3. The monoisotopic (exact) mass is 298 g/mol. The van der Waals surface area contributed by atoms with Gasteiger partial charge >= 0.3 is 0 Å². The van der Waals surface area contributed by atoms with E-state index in [1.54, 1.807) is 18.6 Å². The number of aromatic nitrogens is 4. The number of halogens is 1. The first-order chi connectivity index (χ1) is 8.27. The van der Waals surface area contributed by atoms with Crippen LogP contribution < -0.4 is 11.3 Å². The Labute approximate surface area is 108 Å². The standard InChI is InChI=1S/C10H15BrN6/c1-2-5-17-9(7(11)6-15-17)8(16-12)10-13-3-4-14-10/h3-4,6,8,16H,2,5,12H2,1H3,(H,13,14). The third-order valence-corrected chi connectivity index (χ3v) is 3.11. The van der Waals surface area contributed by atoms with Gasteiger partial charge in [-0.2, -0.15) is 5.10 Å². The summed E-state index contributed by atoms with van der Waals surface area (Å²) in [4.78, 5) is 7.28. The molecule has 17 heavy (non-hydrogen) atoms. The number of aromatic amines is 1. The molecule has 0 aromatic carbocycles. The van der Waals surface area contributed by atoms with E-state index < -0.39 is 0 Å². The molecule has 0 fully saturated rings. The van der Waals surface area contributed by atoms with Crippen LogP contribution in [0.3, 0.4) is 0 Å². The molecular weight excluding hydrogens is 284 g/mol. The van der Waals surface area contributed by atoms with Gasteiger partial charge in [0.25, 0.3) is 0 Å². The highest BCUT2D eigenvalue weighted by Gasteiger charge is 2.22. The van der Waals surface area contributed by atoms with Gasteiger partial charge in [-0.25, -0.2) is 10.4 Å². The van der Waals surface area contributed by atoms with Crippen LogP contribution >= 0.6 is 15.9 Å². The molecule has 6 nitrogen and oxygen atoms in total. The minimum absolute atomic E-state index is 0.201. The summed E-state index contributed by atoms with van der Waals surface area (Å²) in [6, 6.07) is -0.201. The van der Waals surface area contributed by atoms with Crippen molar-refractivity contribution in [3.63, 3.8) is 0 Å². The lowest BCUT2D eigenvalue weighted by Gasteiger charge is -2.16. The van der Waals surface area contributed by atoms with Crippen LogP contribution in [-0.4, -0.2) is 19.7 Å². The quantitative estimate of drug-likeness (QED) is 0.574. The zero-order valence-corrected chi connectivity index (χ0v) is 11.1. The Morgan fingerprint density at radius 3 is 3.06 bits per heavy atom. The number of hydrazine groups is 1. The van der Waals surface area contributed by atoms with Crippen molar-refractivity contribution in [2.45, 2.75) is 25.9 Å². The molecule has 92 valence electrons. The predicted molar refractivity (Wildman–Crippen MR) is 68.0 cm³/mol. The van der Waals surface area contributed by atoms with Crippen molar-refractivity contribution in [1.82, 2.24) is 25.2 Å². The number of nitrogens with two attached hydrogens (primary N) is 1. The first-order valence-corrected chi connectivity index (χ1v) is 6.23. The van der Waals surface area contributed by atoms with E-state index in [9.17, 15) is 0 Å². The van der Waals surface area contributed by atoms with E-state index in [4.69, 9.17) is 5.84 Å². The molecule has 2 aromatic heterocycles. The van der Waals surface area contributed by atoms with Crippen LogP contribution in [-0.2, 0) is 6.54 Å². The molecule has 2 aromatic rings. The molecule has 0 saturated carbocycles. The average molecular weight is 299 g/mol. The molecule has 0 saturated heterocycles. The van der Waals surface area contributed by atoms with Gasteiger partial charge < -0.3 is 4.98 Å². The van der Waals surface area contributed by atoms with Crippen molar-refractivity contribution in [2.24, 2.45) is 5.84 Å². The Hall–Kier alpha value is -1.18. The summed E-state index contributed by atoms with van der Waals surface area (Å²) in [5, 5.41) is 4.32. The fourth-order valence-electron chi connectivity index (χ4n) is 1.77. The largest absolute Gasteiger partial charge is 0.347 e. The zero-order valence-electron chi connectivity index (χ0n) is 9.52. The van der Waals surface area contributed by atoms with E-state index in [2.05, 4.69) is 43.3 Å². The Bertz CT molecular complexity index is 463. The van der Waals surface area contributed by atoms with Gasteiger partial charge in [0.1, 0.15) is 11.9 Å². The maximum absolute atomic E-state index is 5.62. The van der Waals surface area contributed by atoms with Gasteiger partial charge in [-0.1, -0.05) is 6.92 Å². The van der Waals surface area contributed by atoms with Crippen molar-refractivity contribution in [3.8, 4) is 0 Å². The van der Waals surface area contributed by atoms with Crippen LogP contribution in [0.25, 0.3) is 0 Å². The fraction of sp³-hybridized carbons (Fsp3) is 0.400. The van der Waals surface area contributed by atoms with E-state index in [1.807, 2.05) is 4.68 Å². The topological polar surface area (TPSA) is 84.6 Å². The average Bonchev–Trinajstić information content (AvgIpc) is 2.94. The summed E-state index contributed by atoms with van der Waals surface area (Å²) in [6.45, 7) is 2.96. The summed E-state index contributed by atoms with van der Waals surface area (Å²) in [5.41, 5.74) is 3.74.